The minimum atomic E-state index is -3.64. The van der Waals surface area contributed by atoms with E-state index in [4.69, 9.17) is 16.3 Å². The second-order valence-corrected chi connectivity index (χ2v) is 8.98. The molecule has 0 atom stereocenters. The SMILES string of the molecule is COc1ccc2[nH]cc(C(C)(C)CNS(=O)(=O)c3cccc(Cl)c3)c2c1. The summed E-state index contributed by atoms with van der Waals surface area (Å²) in [6.45, 7) is 4.23. The van der Waals surface area contributed by atoms with Crippen LogP contribution in [0.4, 0.5) is 0 Å². The molecule has 7 heteroatoms. The summed E-state index contributed by atoms with van der Waals surface area (Å²) in [5, 5.41) is 1.40. The van der Waals surface area contributed by atoms with Gasteiger partial charge < -0.3 is 9.72 Å². The van der Waals surface area contributed by atoms with Crippen LogP contribution >= 0.6 is 11.6 Å². The molecule has 5 nitrogen and oxygen atoms in total. The van der Waals surface area contributed by atoms with Crippen LogP contribution in [0.1, 0.15) is 19.4 Å². The van der Waals surface area contributed by atoms with Gasteiger partial charge in [-0.05, 0) is 42.0 Å². The number of H-pyrrole nitrogens is 1. The van der Waals surface area contributed by atoms with Crippen molar-refractivity contribution in [1.29, 1.82) is 0 Å². The normalized spacial score (nSPS) is 12.5. The van der Waals surface area contributed by atoms with Crippen molar-refractivity contribution in [3.8, 4) is 5.75 Å². The summed E-state index contributed by atoms with van der Waals surface area (Å²) in [5.41, 5.74) is 1.56. The van der Waals surface area contributed by atoms with E-state index < -0.39 is 15.4 Å². The molecule has 0 aliphatic rings. The molecule has 0 unspecified atom stereocenters. The van der Waals surface area contributed by atoms with E-state index in [9.17, 15) is 8.42 Å². The third-order valence-electron chi connectivity index (χ3n) is 4.43. The van der Waals surface area contributed by atoms with E-state index in [2.05, 4.69) is 9.71 Å². The van der Waals surface area contributed by atoms with Crippen LogP contribution in [0.15, 0.2) is 53.6 Å². The third-order valence-corrected chi connectivity index (χ3v) is 6.06. The lowest BCUT2D eigenvalue weighted by Crippen LogP contribution is -2.36. The molecular weight excluding hydrogens is 372 g/mol. The fraction of sp³-hybridized carbons (Fsp3) is 0.263. The van der Waals surface area contributed by atoms with Gasteiger partial charge in [-0.3, -0.25) is 0 Å². The van der Waals surface area contributed by atoms with Gasteiger partial charge in [0.05, 0.1) is 12.0 Å². The number of hydrogen-bond acceptors (Lipinski definition) is 3. The summed E-state index contributed by atoms with van der Waals surface area (Å²) in [4.78, 5) is 3.39. The molecule has 26 heavy (non-hydrogen) atoms. The van der Waals surface area contributed by atoms with E-state index in [1.807, 2.05) is 38.2 Å². The molecule has 2 aromatic carbocycles. The van der Waals surface area contributed by atoms with Crippen LogP contribution in [0, 0.1) is 0 Å². The maximum atomic E-state index is 12.6. The monoisotopic (exact) mass is 392 g/mol. The lowest BCUT2D eigenvalue weighted by molar-refractivity contribution is 0.415. The first-order chi connectivity index (χ1) is 12.2. The Morgan fingerprint density at radius 2 is 1.96 bits per heavy atom. The van der Waals surface area contributed by atoms with Crippen LogP contribution in [0.2, 0.25) is 5.02 Å². The summed E-state index contributed by atoms with van der Waals surface area (Å²) in [6.07, 6.45) is 1.91. The van der Waals surface area contributed by atoms with Gasteiger partial charge in [0.25, 0.3) is 0 Å². The van der Waals surface area contributed by atoms with Crippen molar-refractivity contribution < 1.29 is 13.2 Å². The highest BCUT2D eigenvalue weighted by Crippen LogP contribution is 2.32. The van der Waals surface area contributed by atoms with Gasteiger partial charge >= 0.3 is 0 Å². The molecule has 0 fully saturated rings. The highest BCUT2D eigenvalue weighted by atomic mass is 35.5. The van der Waals surface area contributed by atoms with Crippen molar-refractivity contribution in [2.45, 2.75) is 24.2 Å². The number of fused-ring (bicyclic) bond motifs is 1. The standard InChI is InChI=1S/C19H21ClN2O3S/c1-19(2,12-22-26(23,24)15-6-4-5-13(20)9-15)17-11-21-18-8-7-14(25-3)10-16(17)18/h4-11,21-22H,12H2,1-3H3. The fourth-order valence-electron chi connectivity index (χ4n) is 2.87. The van der Waals surface area contributed by atoms with E-state index in [-0.39, 0.29) is 11.4 Å². The first-order valence-electron chi connectivity index (χ1n) is 8.14. The Balaban J connectivity index is 1.87. The zero-order chi connectivity index (χ0) is 18.9. The lowest BCUT2D eigenvalue weighted by atomic mass is 9.84. The van der Waals surface area contributed by atoms with E-state index >= 15 is 0 Å². The smallest absolute Gasteiger partial charge is 0.240 e. The number of aromatic amines is 1. The molecule has 1 aromatic heterocycles. The van der Waals surface area contributed by atoms with Crippen LogP contribution in [-0.4, -0.2) is 27.1 Å². The van der Waals surface area contributed by atoms with E-state index in [0.29, 0.717) is 5.02 Å². The van der Waals surface area contributed by atoms with E-state index in [1.54, 1.807) is 19.2 Å². The van der Waals surface area contributed by atoms with Gasteiger partial charge in [0.2, 0.25) is 10.0 Å². The number of halogens is 1. The lowest BCUT2D eigenvalue weighted by Gasteiger charge is -2.25. The minimum absolute atomic E-state index is 0.154. The summed E-state index contributed by atoms with van der Waals surface area (Å²) < 4.78 is 33.1. The van der Waals surface area contributed by atoms with Crippen LogP contribution in [0.5, 0.6) is 5.75 Å². The Kier molecular flexibility index (Phi) is 5.01. The molecule has 3 aromatic rings. The van der Waals surface area contributed by atoms with Gasteiger partial charge in [-0.1, -0.05) is 31.5 Å². The van der Waals surface area contributed by atoms with Gasteiger partial charge in [-0.15, -0.1) is 0 Å². The number of benzene rings is 2. The molecule has 0 aliphatic heterocycles. The highest BCUT2D eigenvalue weighted by molar-refractivity contribution is 7.89. The molecule has 138 valence electrons. The summed E-state index contributed by atoms with van der Waals surface area (Å²) in [5.74, 6) is 0.758. The minimum Gasteiger partial charge on any atom is -0.497 e. The second kappa shape index (κ2) is 6.95. The van der Waals surface area contributed by atoms with Crippen molar-refractivity contribution in [2.75, 3.05) is 13.7 Å². The summed E-state index contributed by atoms with van der Waals surface area (Å²) in [6, 6.07) is 12.0. The molecule has 1 heterocycles. The molecule has 0 amide bonds. The molecular formula is C19H21ClN2O3S. The highest BCUT2D eigenvalue weighted by Gasteiger charge is 2.27. The van der Waals surface area contributed by atoms with Crippen LogP contribution in [-0.2, 0) is 15.4 Å². The molecule has 0 aliphatic carbocycles. The topological polar surface area (TPSA) is 71.2 Å². The molecule has 0 spiro atoms. The first-order valence-corrected chi connectivity index (χ1v) is 10.00. The predicted octanol–water partition coefficient (Wildman–Crippen LogP) is 4.09. The van der Waals surface area contributed by atoms with Crippen LogP contribution < -0.4 is 9.46 Å². The third kappa shape index (κ3) is 3.72. The Bertz CT molecular complexity index is 1040. The largest absolute Gasteiger partial charge is 0.497 e. The van der Waals surface area contributed by atoms with Crippen molar-refractivity contribution in [3.05, 3.63) is 59.2 Å². The number of hydrogen-bond donors (Lipinski definition) is 2. The molecule has 0 radical (unpaired) electrons. The molecule has 2 N–H and O–H groups in total. The Hall–Kier alpha value is -2.02. The molecule has 0 saturated carbocycles. The average Bonchev–Trinajstić information content (AvgIpc) is 3.04. The van der Waals surface area contributed by atoms with Crippen LogP contribution in [0.25, 0.3) is 10.9 Å². The molecule has 0 saturated heterocycles. The molecule has 0 bridgehead atoms. The Labute approximate surface area is 158 Å². The first kappa shape index (κ1) is 18.8. The summed E-state index contributed by atoms with van der Waals surface area (Å²) in [7, 11) is -2.02. The number of sulfonamides is 1. The second-order valence-electron chi connectivity index (χ2n) is 6.78. The molecule has 3 rings (SSSR count). The Morgan fingerprint density at radius 1 is 1.19 bits per heavy atom. The number of nitrogens with one attached hydrogen (secondary N) is 2. The summed E-state index contributed by atoms with van der Waals surface area (Å²) >= 11 is 5.91. The fourth-order valence-corrected chi connectivity index (χ4v) is 4.39. The van der Waals surface area contributed by atoms with Crippen molar-refractivity contribution >= 4 is 32.5 Å². The van der Waals surface area contributed by atoms with E-state index in [1.165, 1.54) is 12.1 Å². The van der Waals surface area contributed by atoms with E-state index in [0.717, 1.165) is 22.2 Å². The zero-order valence-electron chi connectivity index (χ0n) is 14.8. The van der Waals surface area contributed by atoms with Crippen molar-refractivity contribution in [1.82, 2.24) is 9.71 Å². The number of rotatable bonds is 6. The average molecular weight is 393 g/mol. The van der Waals surface area contributed by atoms with Gasteiger partial charge in [0, 0.05) is 34.1 Å². The number of methoxy groups -OCH3 is 1. The maximum Gasteiger partial charge on any atom is 0.240 e. The van der Waals surface area contributed by atoms with Crippen molar-refractivity contribution in [3.63, 3.8) is 0 Å². The van der Waals surface area contributed by atoms with Gasteiger partial charge in [0.1, 0.15) is 5.75 Å². The zero-order valence-corrected chi connectivity index (χ0v) is 16.4. The quantitative estimate of drug-likeness (QED) is 0.663. The van der Waals surface area contributed by atoms with Gasteiger partial charge in [-0.25, -0.2) is 13.1 Å². The van der Waals surface area contributed by atoms with Gasteiger partial charge in [0.15, 0.2) is 0 Å². The Morgan fingerprint density at radius 3 is 2.65 bits per heavy atom. The van der Waals surface area contributed by atoms with Gasteiger partial charge in [-0.2, -0.15) is 0 Å². The predicted molar refractivity (Wildman–Crippen MR) is 105 cm³/mol. The number of aromatic nitrogens is 1. The maximum absolute atomic E-state index is 12.6. The van der Waals surface area contributed by atoms with Crippen LogP contribution in [0.3, 0.4) is 0 Å². The van der Waals surface area contributed by atoms with Crippen molar-refractivity contribution in [2.24, 2.45) is 0 Å². The number of ether oxygens (including phenoxy) is 1.